The van der Waals surface area contributed by atoms with E-state index in [9.17, 15) is 9.18 Å². The van der Waals surface area contributed by atoms with Crippen LogP contribution < -0.4 is 14.8 Å². The molecule has 0 aromatic heterocycles. The van der Waals surface area contributed by atoms with Crippen molar-refractivity contribution in [3.63, 3.8) is 0 Å². The fraction of sp³-hybridized carbons (Fsp3) is 0.409. The van der Waals surface area contributed by atoms with Crippen molar-refractivity contribution in [3.05, 3.63) is 53.3 Å². The maximum atomic E-state index is 14.4. The number of carbonyl (C=O) groups excluding carboxylic acids is 1. The number of ether oxygens (including phenoxy) is 3. The number of cyclic esters (lactones) is 1. The summed E-state index contributed by atoms with van der Waals surface area (Å²) in [4.78, 5) is 12.0. The monoisotopic (exact) mass is 387 g/mol. The Morgan fingerprint density at radius 3 is 2.64 bits per heavy atom. The summed E-state index contributed by atoms with van der Waals surface area (Å²) in [6, 6.07) is 9.60. The Balaban J connectivity index is 1.68. The number of fused-ring (bicyclic) bond motifs is 1. The highest BCUT2D eigenvalue weighted by Gasteiger charge is 2.34. The molecule has 150 valence electrons. The zero-order valence-electron chi connectivity index (χ0n) is 16.7. The van der Waals surface area contributed by atoms with Gasteiger partial charge in [0.25, 0.3) is 0 Å². The summed E-state index contributed by atoms with van der Waals surface area (Å²) < 4.78 is 30.9. The van der Waals surface area contributed by atoms with Gasteiger partial charge < -0.3 is 19.5 Å². The van der Waals surface area contributed by atoms with Crippen LogP contribution in [0.25, 0.3) is 0 Å². The van der Waals surface area contributed by atoms with Gasteiger partial charge >= 0.3 is 5.97 Å². The van der Waals surface area contributed by atoms with E-state index in [1.165, 1.54) is 6.07 Å². The van der Waals surface area contributed by atoms with Crippen LogP contribution >= 0.6 is 0 Å². The summed E-state index contributed by atoms with van der Waals surface area (Å²) in [5.41, 5.74) is 1.17. The van der Waals surface area contributed by atoms with Crippen LogP contribution in [0.5, 0.6) is 17.2 Å². The van der Waals surface area contributed by atoms with Gasteiger partial charge in [0.2, 0.25) is 5.79 Å². The van der Waals surface area contributed by atoms with Crippen LogP contribution in [0.2, 0.25) is 0 Å². The number of halogens is 1. The highest BCUT2D eigenvalue weighted by atomic mass is 19.1. The first-order valence-electron chi connectivity index (χ1n) is 9.47. The SMILES string of the molecule is CC(C)CCNCc1ccc(Oc2ccc3c(c2)OC(C)(C)OC3=O)c(F)c1. The molecule has 1 heterocycles. The molecule has 1 N–H and O–H groups in total. The lowest BCUT2D eigenvalue weighted by molar-refractivity contribution is -0.127. The molecule has 0 fully saturated rings. The van der Waals surface area contributed by atoms with Crippen LogP contribution in [-0.4, -0.2) is 18.3 Å². The van der Waals surface area contributed by atoms with Gasteiger partial charge in [-0.1, -0.05) is 19.9 Å². The maximum Gasteiger partial charge on any atom is 0.345 e. The number of esters is 1. The Hall–Kier alpha value is -2.60. The van der Waals surface area contributed by atoms with E-state index < -0.39 is 17.6 Å². The minimum absolute atomic E-state index is 0.114. The van der Waals surface area contributed by atoms with E-state index >= 15 is 0 Å². The lowest BCUT2D eigenvalue weighted by Gasteiger charge is -2.31. The molecule has 2 aromatic rings. The van der Waals surface area contributed by atoms with E-state index in [-0.39, 0.29) is 5.75 Å². The van der Waals surface area contributed by atoms with Crippen molar-refractivity contribution < 1.29 is 23.4 Å². The van der Waals surface area contributed by atoms with Crippen molar-refractivity contribution in [2.45, 2.75) is 46.4 Å². The molecule has 2 aromatic carbocycles. The Kier molecular flexibility index (Phi) is 5.89. The molecule has 28 heavy (non-hydrogen) atoms. The quantitative estimate of drug-likeness (QED) is 0.533. The molecule has 6 heteroatoms. The lowest BCUT2D eigenvalue weighted by Crippen LogP contribution is -2.38. The first-order valence-corrected chi connectivity index (χ1v) is 9.47. The molecule has 0 aliphatic carbocycles. The van der Waals surface area contributed by atoms with Crippen LogP contribution in [0.4, 0.5) is 4.39 Å². The molecule has 5 nitrogen and oxygen atoms in total. The molecule has 0 amide bonds. The van der Waals surface area contributed by atoms with Gasteiger partial charge in [-0.15, -0.1) is 0 Å². The molecule has 0 saturated carbocycles. The first-order chi connectivity index (χ1) is 13.2. The largest absolute Gasteiger partial charge is 0.454 e. The molecule has 3 rings (SSSR count). The predicted molar refractivity (Wildman–Crippen MR) is 104 cm³/mol. The van der Waals surface area contributed by atoms with Crippen molar-refractivity contribution in [1.82, 2.24) is 5.32 Å². The molecule has 0 atom stereocenters. The summed E-state index contributed by atoms with van der Waals surface area (Å²) >= 11 is 0. The fourth-order valence-electron chi connectivity index (χ4n) is 2.87. The van der Waals surface area contributed by atoms with Gasteiger partial charge in [0.15, 0.2) is 11.6 Å². The number of rotatable bonds is 7. The van der Waals surface area contributed by atoms with Gasteiger partial charge in [0.1, 0.15) is 17.1 Å². The van der Waals surface area contributed by atoms with Crippen LogP contribution in [0.15, 0.2) is 36.4 Å². The third-order valence-corrected chi connectivity index (χ3v) is 4.32. The Morgan fingerprint density at radius 1 is 1.14 bits per heavy atom. The number of carbonyl (C=O) groups is 1. The first kappa shape index (κ1) is 20.1. The lowest BCUT2D eigenvalue weighted by atomic mass is 10.1. The van der Waals surface area contributed by atoms with Gasteiger partial charge in [-0.3, -0.25) is 0 Å². The van der Waals surface area contributed by atoms with Crippen molar-refractivity contribution in [3.8, 4) is 17.2 Å². The van der Waals surface area contributed by atoms with Crippen molar-refractivity contribution >= 4 is 5.97 Å². The van der Waals surface area contributed by atoms with E-state index in [4.69, 9.17) is 14.2 Å². The van der Waals surface area contributed by atoms with Gasteiger partial charge in [0.05, 0.1) is 0 Å². The summed E-state index contributed by atoms with van der Waals surface area (Å²) in [6.07, 6.45) is 1.08. The summed E-state index contributed by atoms with van der Waals surface area (Å²) in [7, 11) is 0. The third-order valence-electron chi connectivity index (χ3n) is 4.32. The second-order valence-electron chi connectivity index (χ2n) is 7.78. The van der Waals surface area contributed by atoms with Gasteiger partial charge in [0, 0.05) is 26.5 Å². The topological polar surface area (TPSA) is 56.8 Å². The Morgan fingerprint density at radius 2 is 1.93 bits per heavy atom. The standard InChI is InChI=1S/C22H26FNO4/c1-14(2)9-10-24-13-15-5-8-19(18(23)11-15)26-16-6-7-17-20(12-16)27-22(3,4)28-21(17)25/h5-8,11-12,14,24H,9-10,13H2,1-4H3. The van der Waals surface area contributed by atoms with Gasteiger partial charge in [-0.2, -0.15) is 0 Å². The summed E-state index contributed by atoms with van der Waals surface area (Å²) in [6.45, 7) is 9.13. The highest BCUT2D eigenvalue weighted by molar-refractivity contribution is 5.93. The maximum absolute atomic E-state index is 14.4. The number of hydrogen-bond donors (Lipinski definition) is 1. The fourth-order valence-corrected chi connectivity index (χ4v) is 2.87. The molecule has 1 aliphatic heterocycles. The molecule has 0 unspecified atom stereocenters. The number of hydrogen-bond acceptors (Lipinski definition) is 5. The van der Waals surface area contributed by atoms with Gasteiger partial charge in [-0.25, -0.2) is 9.18 Å². The van der Waals surface area contributed by atoms with Crippen LogP contribution in [0.3, 0.4) is 0 Å². The van der Waals surface area contributed by atoms with Crippen molar-refractivity contribution in [1.29, 1.82) is 0 Å². The smallest absolute Gasteiger partial charge is 0.345 e. The Bertz CT molecular complexity index is 864. The molecule has 1 aliphatic rings. The van der Waals surface area contributed by atoms with Crippen LogP contribution in [0.1, 0.15) is 50.0 Å². The number of nitrogens with one attached hydrogen (secondary N) is 1. The Labute approximate surface area is 164 Å². The summed E-state index contributed by atoms with van der Waals surface area (Å²) in [5.74, 6) is -0.481. The van der Waals surface area contributed by atoms with E-state index in [1.54, 1.807) is 38.1 Å². The normalized spacial score (nSPS) is 15.0. The highest BCUT2D eigenvalue weighted by Crippen LogP contribution is 2.35. The van der Waals surface area contributed by atoms with Crippen molar-refractivity contribution in [2.75, 3.05) is 6.54 Å². The van der Waals surface area contributed by atoms with Gasteiger partial charge in [-0.05, 0) is 48.7 Å². The average molecular weight is 387 g/mol. The molecule has 0 saturated heterocycles. The second kappa shape index (κ2) is 8.19. The molecule has 0 bridgehead atoms. The molecule has 0 spiro atoms. The minimum Gasteiger partial charge on any atom is -0.454 e. The zero-order valence-corrected chi connectivity index (χ0v) is 16.7. The van der Waals surface area contributed by atoms with E-state index in [1.807, 2.05) is 6.07 Å². The third kappa shape index (κ3) is 5.01. The second-order valence-corrected chi connectivity index (χ2v) is 7.78. The molecular formula is C22H26FNO4. The molecule has 0 radical (unpaired) electrons. The van der Waals surface area contributed by atoms with Crippen LogP contribution in [-0.2, 0) is 11.3 Å². The summed E-state index contributed by atoms with van der Waals surface area (Å²) in [5, 5.41) is 3.31. The zero-order chi connectivity index (χ0) is 20.3. The van der Waals surface area contributed by atoms with Crippen molar-refractivity contribution in [2.24, 2.45) is 5.92 Å². The predicted octanol–water partition coefficient (Wildman–Crippen LogP) is 5.04. The minimum atomic E-state index is -1.06. The van der Waals surface area contributed by atoms with E-state index in [2.05, 4.69) is 19.2 Å². The van der Waals surface area contributed by atoms with E-state index in [0.717, 1.165) is 18.5 Å². The number of benzene rings is 2. The van der Waals surface area contributed by atoms with E-state index in [0.29, 0.717) is 29.5 Å². The average Bonchev–Trinajstić information content (AvgIpc) is 2.59. The van der Waals surface area contributed by atoms with Crippen LogP contribution in [0, 0.1) is 11.7 Å². The molecular weight excluding hydrogens is 361 g/mol.